The lowest BCUT2D eigenvalue weighted by atomic mass is 10.0. The van der Waals surface area contributed by atoms with Crippen LogP contribution in [0.4, 0.5) is 0 Å². The van der Waals surface area contributed by atoms with Crippen molar-refractivity contribution in [1.82, 2.24) is 5.32 Å². The number of primary amides is 1. The van der Waals surface area contributed by atoms with Gasteiger partial charge >= 0.3 is 0 Å². The van der Waals surface area contributed by atoms with Gasteiger partial charge in [-0.1, -0.05) is 36.8 Å². The summed E-state index contributed by atoms with van der Waals surface area (Å²) in [5.41, 5.74) is 7.76. The van der Waals surface area contributed by atoms with Crippen molar-refractivity contribution in [3.05, 3.63) is 35.4 Å². The van der Waals surface area contributed by atoms with Crippen LogP contribution in [0, 0.1) is 6.92 Å². The van der Waals surface area contributed by atoms with Crippen LogP contribution in [0.3, 0.4) is 0 Å². The Balaban J connectivity index is 2.57. The standard InChI is InChI=1S/C14H22N2O/c1-3-8-16-13(10-14(15)17)9-12-6-4-11(2)5-7-12/h4-7,13,16H,3,8-10H2,1-2H3,(H2,15,17)/t13-/m0/s1. The monoisotopic (exact) mass is 234 g/mol. The van der Waals surface area contributed by atoms with Crippen LogP contribution < -0.4 is 11.1 Å². The maximum absolute atomic E-state index is 11.0. The number of aryl methyl sites for hydroxylation is 1. The summed E-state index contributed by atoms with van der Waals surface area (Å²) in [4.78, 5) is 11.0. The Morgan fingerprint density at radius 1 is 1.35 bits per heavy atom. The summed E-state index contributed by atoms with van der Waals surface area (Å²) in [6, 6.07) is 8.55. The molecule has 0 saturated carbocycles. The molecule has 3 heteroatoms. The van der Waals surface area contributed by atoms with Gasteiger partial charge in [0.2, 0.25) is 5.91 Å². The molecular formula is C14H22N2O. The number of carbonyl (C=O) groups excluding carboxylic acids is 1. The summed E-state index contributed by atoms with van der Waals surface area (Å²) in [6.45, 7) is 5.10. The van der Waals surface area contributed by atoms with E-state index in [-0.39, 0.29) is 11.9 Å². The van der Waals surface area contributed by atoms with Crippen molar-refractivity contribution in [2.24, 2.45) is 5.73 Å². The third-order valence-electron chi connectivity index (χ3n) is 2.73. The molecule has 1 amide bonds. The van der Waals surface area contributed by atoms with Crippen molar-refractivity contribution in [1.29, 1.82) is 0 Å². The number of nitrogens with one attached hydrogen (secondary N) is 1. The molecule has 0 aliphatic heterocycles. The Morgan fingerprint density at radius 2 is 2.00 bits per heavy atom. The fraction of sp³-hybridized carbons (Fsp3) is 0.500. The molecule has 0 aliphatic carbocycles. The van der Waals surface area contributed by atoms with E-state index in [1.807, 2.05) is 0 Å². The van der Waals surface area contributed by atoms with E-state index in [1.165, 1.54) is 11.1 Å². The number of hydrogen-bond acceptors (Lipinski definition) is 2. The number of carbonyl (C=O) groups is 1. The molecule has 1 aromatic rings. The van der Waals surface area contributed by atoms with Gasteiger partial charge in [0.15, 0.2) is 0 Å². The minimum atomic E-state index is -0.245. The minimum absolute atomic E-state index is 0.148. The van der Waals surface area contributed by atoms with Crippen molar-refractivity contribution >= 4 is 5.91 Å². The smallest absolute Gasteiger partial charge is 0.218 e. The molecule has 0 aliphatic rings. The molecule has 1 rings (SSSR count). The SMILES string of the molecule is CCCN[C@H](CC(N)=O)Cc1ccc(C)cc1. The van der Waals surface area contributed by atoms with Gasteiger partial charge in [-0.2, -0.15) is 0 Å². The normalized spacial score (nSPS) is 12.4. The number of hydrogen-bond donors (Lipinski definition) is 2. The van der Waals surface area contributed by atoms with Crippen molar-refractivity contribution in [3.8, 4) is 0 Å². The largest absolute Gasteiger partial charge is 0.370 e. The molecule has 1 aromatic carbocycles. The van der Waals surface area contributed by atoms with Crippen LogP contribution in [0.25, 0.3) is 0 Å². The third kappa shape index (κ3) is 5.50. The molecule has 94 valence electrons. The minimum Gasteiger partial charge on any atom is -0.370 e. The highest BCUT2D eigenvalue weighted by molar-refractivity contribution is 5.74. The average Bonchev–Trinajstić information content (AvgIpc) is 2.28. The molecule has 17 heavy (non-hydrogen) atoms. The van der Waals surface area contributed by atoms with E-state index in [1.54, 1.807) is 0 Å². The molecule has 3 N–H and O–H groups in total. The summed E-state index contributed by atoms with van der Waals surface area (Å²) >= 11 is 0. The summed E-state index contributed by atoms with van der Waals surface area (Å²) < 4.78 is 0. The Kier molecular flexibility index (Phi) is 5.70. The molecule has 0 spiro atoms. The van der Waals surface area contributed by atoms with E-state index >= 15 is 0 Å². The predicted octanol–water partition coefficient (Wildman–Crippen LogP) is 1.78. The number of nitrogens with two attached hydrogens (primary N) is 1. The van der Waals surface area contributed by atoms with Crippen LogP contribution in [0.15, 0.2) is 24.3 Å². The fourth-order valence-corrected chi connectivity index (χ4v) is 1.82. The topological polar surface area (TPSA) is 55.1 Å². The fourth-order valence-electron chi connectivity index (χ4n) is 1.82. The van der Waals surface area contributed by atoms with E-state index in [4.69, 9.17) is 5.73 Å². The zero-order valence-corrected chi connectivity index (χ0v) is 10.7. The highest BCUT2D eigenvalue weighted by Gasteiger charge is 2.11. The first-order valence-electron chi connectivity index (χ1n) is 6.19. The quantitative estimate of drug-likeness (QED) is 0.755. The van der Waals surface area contributed by atoms with Crippen LogP contribution in [-0.4, -0.2) is 18.5 Å². The average molecular weight is 234 g/mol. The molecule has 0 unspecified atom stereocenters. The Morgan fingerprint density at radius 3 is 2.53 bits per heavy atom. The number of amides is 1. The highest BCUT2D eigenvalue weighted by Crippen LogP contribution is 2.08. The van der Waals surface area contributed by atoms with E-state index < -0.39 is 0 Å². The van der Waals surface area contributed by atoms with Gasteiger partial charge in [-0.15, -0.1) is 0 Å². The summed E-state index contributed by atoms with van der Waals surface area (Å²) in [7, 11) is 0. The Hall–Kier alpha value is -1.35. The zero-order valence-electron chi connectivity index (χ0n) is 10.7. The second-order valence-electron chi connectivity index (χ2n) is 4.51. The summed E-state index contributed by atoms with van der Waals surface area (Å²) in [6.07, 6.45) is 2.31. The van der Waals surface area contributed by atoms with Crippen molar-refractivity contribution in [2.45, 2.75) is 39.2 Å². The van der Waals surface area contributed by atoms with Gasteiger partial charge < -0.3 is 11.1 Å². The third-order valence-corrected chi connectivity index (χ3v) is 2.73. The number of benzene rings is 1. The van der Waals surface area contributed by atoms with E-state index in [2.05, 4.69) is 43.4 Å². The molecule has 0 saturated heterocycles. The van der Waals surface area contributed by atoms with Crippen LogP contribution in [0.2, 0.25) is 0 Å². The predicted molar refractivity (Wildman–Crippen MR) is 70.8 cm³/mol. The first-order valence-corrected chi connectivity index (χ1v) is 6.19. The highest BCUT2D eigenvalue weighted by atomic mass is 16.1. The molecule has 0 radical (unpaired) electrons. The van der Waals surface area contributed by atoms with Gasteiger partial charge in [0.1, 0.15) is 0 Å². The van der Waals surface area contributed by atoms with E-state index in [0.29, 0.717) is 6.42 Å². The summed E-state index contributed by atoms with van der Waals surface area (Å²) in [5.74, 6) is -0.245. The van der Waals surface area contributed by atoms with Crippen LogP contribution in [0.5, 0.6) is 0 Å². The van der Waals surface area contributed by atoms with E-state index in [9.17, 15) is 4.79 Å². The molecule has 0 aromatic heterocycles. The molecular weight excluding hydrogens is 212 g/mol. The second kappa shape index (κ2) is 7.07. The second-order valence-corrected chi connectivity index (χ2v) is 4.51. The van der Waals surface area contributed by atoms with Gasteiger partial charge in [-0.05, 0) is 31.9 Å². The Bertz CT molecular complexity index is 346. The molecule has 1 atom stereocenters. The molecule has 0 heterocycles. The van der Waals surface area contributed by atoms with Gasteiger partial charge in [-0.3, -0.25) is 4.79 Å². The Labute approximate surface area is 103 Å². The zero-order chi connectivity index (χ0) is 12.7. The lowest BCUT2D eigenvalue weighted by molar-refractivity contribution is -0.118. The van der Waals surface area contributed by atoms with Crippen LogP contribution in [-0.2, 0) is 11.2 Å². The van der Waals surface area contributed by atoms with Crippen molar-refractivity contribution in [2.75, 3.05) is 6.54 Å². The molecule has 3 nitrogen and oxygen atoms in total. The van der Waals surface area contributed by atoms with Gasteiger partial charge in [0.05, 0.1) is 0 Å². The maximum atomic E-state index is 11.0. The molecule has 0 bridgehead atoms. The van der Waals surface area contributed by atoms with Gasteiger partial charge in [0, 0.05) is 12.5 Å². The van der Waals surface area contributed by atoms with Crippen LogP contribution in [0.1, 0.15) is 30.9 Å². The maximum Gasteiger partial charge on any atom is 0.218 e. The van der Waals surface area contributed by atoms with E-state index in [0.717, 1.165) is 19.4 Å². The summed E-state index contributed by atoms with van der Waals surface area (Å²) in [5, 5.41) is 3.36. The number of rotatable bonds is 7. The van der Waals surface area contributed by atoms with Crippen molar-refractivity contribution < 1.29 is 4.79 Å². The van der Waals surface area contributed by atoms with Gasteiger partial charge in [0.25, 0.3) is 0 Å². The first-order chi connectivity index (χ1) is 8.11. The van der Waals surface area contributed by atoms with Gasteiger partial charge in [-0.25, -0.2) is 0 Å². The molecule has 0 fully saturated rings. The lowest BCUT2D eigenvalue weighted by Crippen LogP contribution is -2.35. The van der Waals surface area contributed by atoms with Crippen LogP contribution >= 0.6 is 0 Å². The van der Waals surface area contributed by atoms with Crippen molar-refractivity contribution in [3.63, 3.8) is 0 Å². The lowest BCUT2D eigenvalue weighted by Gasteiger charge is -2.17. The first kappa shape index (κ1) is 13.7.